The van der Waals surface area contributed by atoms with Gasteiger partial charge in [0, 0.05) is 29.6 Å². The Hall–Kier alpha value is -2.21. The van der Waals surface area contributed by atoms with Gasteiger partial charge in [0.15, 0.2) is 5.82 Å². The van der Waals surface area contributed by atoms with E-state index in [1.165, 1.54) is 0 Å². The zero-order valence-corrected chi connectivity index (χ0v) is 12.9. The fourth-order valence-corrected chi connectivity index (χ4v) is 2.87. The SMILES string of the molecule is O=C(N[C@H]1CCCNC1)c1ccc(-c2nc(C3CC3)no2)cc1. The van der Waals surface area contributed by atoms with Crippen LogP contribution in [0.3, 0.4) is 0 Å². The lowest BCUT2D eigenvalue weighted by Crippen LogP contribution is -2.45. The maximum Gasteiger partial charge on any atom is 0.257 e. The van der Waals surface area contributed by atoms with Gasteiger partial charge in [0.25, 0.3) is 11.8 Å². The predicted molar refractivity (Wildman–Crippen MR) is 85.1 cm³/mol. The molecule has 0 radical (unpaired) electrons. The van der Waals surface area contributed by atoms with Crippen LogP contribution in [0.1, 0.15) is 47.8 Å². The Morgan fingerprint density at radius 1 is 1.22 bits per heavy atom. The molecule has 4 rings (SSSR count). The molecule has 1 aliphatic heterocycles. The highest BCUT2D eigenvalue weighted by Crippen LogP contribution is 2.38. The third kappa shape index (κ3) is 3.27. The molecule has 1 atom stereocenters. The lowest BCUT2D eigenvalue weighted by molar-refractivity contribution is 0.0930. The van der Waals surface area contributed by atoms with E-state index in [0.29, 0.717) is 17.4 Å². The molecule has 1 saturated carbocycles. The number of hydrogen-bond acceptors (Lipinski definition) is 5. The van der Waals surface area contributed by atoms with Gasteiger partial charge in [0.1, 0.15) is 0 Å². The average Bonchev–Trinajstić information content (AvgIpc) is 3.33. The Kier molecular flexibility index (Phi) is 3.83. The van der Waals surface area contributed by atoms with Crippen molar-refractivity contribution in [1.82, 2.24) is 20.8 Å². The molecule has 0 unspecified atom stereocenters. The number of rotatable bonds is 4. The molecule has 1 aromatic carbocycles. The Bertz CT molecular complexity index is 685. The summed E-state index contributed by atoms with van der Waals surface area (Å²) in [6, 6.07) is 7.55. The molecular weight excluding hydrogens is 292 g/mol. The van der Waals surface area contributed by atoms with Gasteiger partial charge in [-0.1, -0.05) is 5.16 Å². The molecule has 1 aromatic heterocycles. The molecule has 6 nitrogen and oxygen atoms in total. The van der Waals surface area contributed by atoms with Crippen LogP contribution in [0.4, 0.5) is 0 Å². The minimum absolute atomic E-state index is 0.0329. The maximum atomic E-state index is 12.3. The average molecular weight is 312 g/mol. The highest BCUT2D eigenvalue weighted by molar-refractivity contribution is 5.94. The minimum atomic E-state index is -0.0329. The number of nitrogens with zero attached hydrogens (tertiary/aromatic N) is 2. The second-order valence-corrected chi connectivity index (χ2v) is 6.33. The summed E-state index contributed by atoms with van der Waals surface area (Å²) in [6.45, 7) is 1.88. The molecule has 1 aliphatic carbocycles. The van der Waals surface area contributed by atoms with Crippen molar-refractivity contribution < 1.29 is 9.32 Å². The standard InChI is InChI=1S/C17H20N4O2/c22-16(19-14-2-1-9-18-10-14)12-5-7-13(8-6-12)17-20-15(21-23-17)11-3-4-11/h5-8,11,14,18H,1-4,9-10H2,(H,19,22)/t14-/m0/s1. The van der Waals surface area contributed by atoms with Gasteiger partial charge in [0.2, 0.25) is 0 Å². The second kappa shape index (κ2) is 6.12. The van der Waals surface area contributed by atoms with Crippen molar-refractivity contribution in [1.29, 1.82) is 0 Å². The molecule has 1 amide bonds. The summed E-state index contributed by atoms with van der Waals surface area (Å²) in [4.78, 5) is 16.7. The van der Waals surface area contributed by atoms with E-state index in [9.17, 15) is 4.79 Å². The maximum absolute atomic E-state index is 12.3. The summed E-state index contributed by atoms with van der Waals surface area (Å²) in [5.74, 6) is 1.76. The first-order valence-electron chi connectivity index (χ1n) is 8.25. The largest absolute Gasteiger partial charge is 0.348 e. The van der Waals surface area contributed by atoms with Crippen molar-refractivity contribution in [3.05, 3.63) is 35.7 Å². The number of aromatic nitrogens is 2. The van der Waals surface area contributed by atoms with Crippen molar-refractivity contribution in [3.8, 4) is 11.5 Å². The van der Waals surface area contributed by atoms with E-state index in [-0.39, 0.29) is 11.9 Å². The van der Waals surface area contributed by atoms with Crippen molar-refractivity contribution in [2.75, 3.05) is 13.1 Å². The van der Waals surface area contributed by atoms with Crippen molar-refractivity contribution in [2.45, 2.75) is 37.6 Å². The molecule has 23 heavy (non-hydrogen) atoms. The number of carbonyl (C=O) groups is 1. The van der Waals surface area contributed by atoms with Gasteiger partial charge in [0.05, 0.1) is 0 Å². The van der Waals surface area contributed by atoms with Gasteiger partial charge in [-0.15, -0.1) is 0 Å². The van der Waals surface area contributed by atoms with Crippen LogP contribution in [0.2, 0.25) is 0 Å². The third-order valence-corrected chi connectivity index (χ3v) is 4.41. The highest BCUT2D eigenvalue weighted by atomic mass is 16.5. The first-order chi connectivity index (χ1) is 11.3. The Labute approximate surface area is 134 Å². The summed E-state index contributed by atoms with van der Waals surface area (Å²) in [7, 11) is 0. The van der Waals surface area contributed by atoms with E-state index in [1.807, 2.05) is 24.3 Å². The van der Waals surface area contributed by atoms with Crippen LogP contribution in [-0.4, -0.2) is 35.2 Å². The quantitative estimate of drug-likeness (QED) is 0.903. The Morgan fingerprint density at radius 3 is 2.74 bits per heavy atom. The summed E-state index contributed by atoms with van der Waals surface area (Å²) in [5.41, 5.74) is 1.50. The summed E-state index contributed by atoms with van der Waals surface area (Å²) < 4.78 is 5.30. The van der Waals surface area contributed by atoms with Crippen LogP contribution < -0.4 is 10.6 Å². The van der Waals surface area contributed by atoms with Crippen LogP contribution >= 0.6 is 0 Å². The number of nitrogens with one attached hydrogen (secondary N) is 2. The molecule has 2 fully saturated rings. The molecule has 1 saturated heterocycles. The van der Waals surface area contributed by atoms with Gasteiger partial charge in [-0.3, -0.25) is 4.79 Å². The highest BCUT2D eigenvalue weighted by Gasteiger charge is 2.29. The van der Waals surface area contributed by atoms with Gasteiger partial charge in [-0.25, -0.2) is 0 Å². The normalized spacial score (nSPS) is 21.1. The topological polar surface area (TPSA) is 80.0 Å². The van der Waals surface area contributed by atoms with Crippen LogP contribution in [-0.2, 0) is 0 Å². The van der Waals surface area contributed by atoms with Crippen LogP contribution in [0.15, 0.2) is 28.8 Å². The van der Waals surface area contributed by atoms with Crippen molar-refractivity contribution in [2.24, 2.45) is 0 Å². The monoisotopic (exact) mass is 312 g/mol. The van der Waals surface area contributed by atoms with Crippen molar-refractivity contribution >= 4 is 5.91 Å². The molecule has 2 N–H and O–H groups in total. The zero-order chi connectivity index (χ0) is 15.6. The van der Waals surface area contributed by atoms with Crippen LogP contribution in [0.25, 0.3) is 11.5 Å². The van der Waals surface area contributed by atoms with Gasteiger partial charge in [-0.2, -0.15) is 4.98 Å². The van der Waals surface area contributed by atoms with Gasteiger partial charge < -0.3 is 15.2 Å². The molecule has 0 spiro atoms. The summed E-state index contributed by atoms with van der Waals surface area (Å²) in [5, 5.41) is 10.4. The van der Waals surface area contributed by atoms with E-state index in [0.717, 1.165) is 50.2 Å². The minimum Gasteiger partial charge on any atom is -0.348 e. The smallest absolute Gasteiger partial charge is 0.257 e. The Morgan fingerprint density at radius 2 is 2.04 bits per heavy atom. The molecule has 6 heteroatoms. The summed E-state index contributed by atoms with van der Waals surface area (Å²) >= 11 is 0. The second-order valence-electron chi connectivity index (χ2n) is 6.33. The van der Waals surface area contributed by atoms with Gasteiger partial charge in [-0.05, 0) is 56.5 Å². The summed E-state index contributed by atoms with van der Waals surface area (Å²) in [6.07, 6.45) is 4.43. The van der Waals surface area contributed by atoms with Gasteiger partial charge >= 0.3 is 0 Å². The molecule has 2 heterocycles. The molecule has 2 aliphatic rings. The van der Waals surface area contributed by atoms with E-state index in [4.69, 9.17) is 4.52 Å². The first kappa shape index (κ1) is 14.4. The fourth-order valence-electron chi connectivity index (χ4n) is 2.87. The first-order valence-corrected chi connectivity index (χ1v) is 8.25. The Balaban J connectivity index is 1.42. The molecule has 120 valence electrons. The van der Waals surface area contributed by atoms with E-state index in [1.54, 1.807) is 0 Å². The lowest BCUT2D eigenvalue weighted by Gasteiger charge is -2.23. The molecule has 2 aromatic rings. The van der Waals surface area contributed by atoms with Crippen LogP contribution in [0.5, 0.6) is 0 Å². The van der Waals surface area contributed by atoms with Crippen molar-refractivity contribution in [3.63, 3.8) is 0 Å². The number of carbonyl (C=O) groups excluding carboxylic acids is 1. The fraction of sp³-hybridized carbons (Fsp3) is 0.471. The van der Waals surface area contributed by atoms with Crippen LogP contribution in [0, 0.1) is 0 Å². The molecule has 0 bridgehead atoms. The number of hydrogen-bond donors (Lipinski definition) is 2. The number of piperidine rings is 1. The zero-order valence-electron chi connectivity index (χ0n) is 12.9. The van der Waals surface area contributed by atoms with E-state index >= 15 is 0 Å². The third-order valence-electron chi connectivity index (χ3n) is 4.41. The van der Waals surface area contributed by atoms with E-state index in [2.05, 4.69) is 20.8 Å². The number of benzene rings is 1. The number of amides is 1. The molecular formula is C17H20N4O2. The lowest BCUT2D eigenvalue weighted by atomic mass is 10.1. The predicted octanol–water partition coefficient (Wildman–Crippen LogP) is 2.10. The van der Waals surface area contributed by atoms with E-state index < -0.39 is 0 Å².